The standard InChI is InChI=1S/C18H28FN3O3S/c1-15(2)8-9-22(26(3,24)25)14-18(23)21-12-10-20(11-13-21)17-6-4-16(19)5-7-17/h4-7,15H,8-14H2,1-3H3. The summed E-state index contributed by atoms with van der Waals surface area (Å²) in [4.78, 5) is 16.3. The molecule has 1 aromatic carbocycles. The lowest BCUT2D eigenvalue weighted by Gasteiger charge is -2.36. The maximum atomic E-state index is 13.0. The van der Waals surface area contributed by atoms with Crippen LogP contribution in [0.15, 0.2) is 24.3 Å². The van der Waals surface area contributed by atoms with E-state index in [9.17, 15) is 17.6 Å². The molecule has 0 radical (unpaired) electrons. The van der Waals surface area contributed by atoms with E-state index in [-0.39, 0.29) is 18.3 Å². The van der Waals surface area contributed by atoms with Gasteiger partial charge in [-0.3, -0.25) is 4.79 Å². The minimum Gasteiger partial charge on any atom is -0.368 e. The number of halogens is 1. The zero-order valence-corrected chi connectivity index (χ0v) is 16.5. The Kier molecular flexibility index (Phi) is 7.00. The van der Waals surface area contributed by atoms with Gasteiger partial charge in [-0.25, -0.2) is 12.8 Å². The third kappa shape index (κ3) is 5.95. The summed E-state index contributed by atoms with van der Waals surface area (Å²) in [5.41, 5.74) is 0.924. The molecule has 0 aliphatic carbocycles. The summed E-state index contributed by atoms with van der Waals surface area (Å²) in [6, 6.07) is 6.30. The van der Waals surface area contributed by atoms with Gasteiger partial charge in [0, 0.05) is 38.4 Å². The molecule has 1 aromatic rings. The first-order chi connectivity index (χ1) is 12.2. The summed E-state index contributed by atoms with van der Waals surface area (Å²) in [6.07, 6.45) is 1.87. The van der Waals surface area contributed by atoms with E-state index in [0.717, 1.165) is 18.4 Å². The van der Waals surface area contributed by atoms with E-state index in [4.69, 9.17) is 0 Å². The molecule has 1 fully saturated rings. The fraction of sp³-hybridized carbons (Fsp3) is 0.611. The molecule has 0 spiro atoms. The lowest BCUT2D eigenvalue weighted by molar-refractivity contribution is -0.131. The van der Waals surface area contributed by atoms with E-state index in [0.29, 0.717) is 38.6 Å². The van der Waals surface area contributed by atoms with Crippen molar-refractivity contribution >= 4 is 21.6 Å². The second-order valence-electron chi connectivity index (χ2n) is 7.12. The first kappa shape index (κ1) is 20.6. The Balaban J connectivity index is 1.91. The number of amides is 1. The number of benzene rings is 1. The lowest BCUT2D eigenvalue weighted by Crippen LogP contribution is -2.52. The largest absolute Gasteiger partial charge is 0.368 e. The zero-order chi connectivity index (χ0) is 19.3. The van der Waals surface area contributed by atoms with E-state index >= 15 is 0 Å². The van der Waals surface area contributed by atoms with Gasteiger partial charge < -0.3 is 9.80 Å². The Morgan fingerprint density at radius 1 is 1.15 bits per heavy atom. The van der Waals surface area contributed by atoms with Crippen molar-refractivity contribution in [3.8, 4) is 0 Å². The molecule has 1 amide bonds. The Bertz CT molecular complexity index is 699. The number of sulfonamides is 1. The van der Waals surface area contributed by atoms with Gasteiger partial charge >= 0.3 is 0 Å². The van der Waals surface area contributed by atoms with Crippen LogP contribution in [0.3, 0.4) is 0 Å². The minimum atomic E-state index is -3.41. The van der Waals surface area contributed by atoms with Gasteiger partial charge in [-0.2, -0.15) is 4.31 Å². The Morgan fingerprint density at radius 3 is 2.23 bits per heavy atom. The van der Waals surface area contributed by atoms with Gasteiger partial charge in [0.25, 0.3) is 0 Å². The smallest absolute Gasteiger partial charge is 0.238 e. The van der Waals surface area contributed by atoms with Crippen LogP contribution in [0.25, 0.3) is 0 Å². The van der Waals surface area contributed by atoms with Crippen molar-refractivity contribution in [2.75, 3.05) is 50.4 Å². The zero-order valence-electron chi connectivity index (χ0n) is 15.7. The molecule has 1 aliphatic heterocycles. The first-order valence-electron chi connectivity index (χ1n) is 8.90. The molecule has 0 aromatic heterocycles. The molecule has 26 heavy (non-hydrogen) atoms. The average molecular weight is 386 g/mol. The predicted molar refractivity (Wildman–Crippen MR) is 101 cm³/mol. The molecule has 1 saturated heterocycles. The molecule has 0 saturated carbocycles. The highest BCUT2D eigenvalue weighted by molar-refractivity contribution is 7.88. The number of rotatable bonds is 7. The third-order valence-electron chi connectivity index (χ3n) is 4.56. The van der Waals surface area contributed by atoms with Gasteiger partial charge in [0.1, 0.15) is 5.82 Å². The minimum absolute atomic E-state index is 0.109. The van der Waals surface area contributed by atoms with E-state index < -0.39 is 10.0 Å². The van der Waals surface area contributed by atoms with Crippen LogP contribution in [-0.4, -0.2) is 69.1 Å². The fourth-order valence-electron chi connectivity index (χ4n) is 2.88. The molecule has 0 atom stereocenters. The van der Waals surface area contributed by atoms with Gasteiger partial charge in [-0.1, -0.05) is 13.8 Å². The summed E-state index contributed by atoms with van der Waals surface area (Å²) in [5.74, 6) is -0.0728. The van der Waals surface area contributed by atoms with Crippen LogP contribution < -0.4 is 4.90 Å². The molecule has 1 heterocycles. The van der Waals surface area contributed by atoms with Crippen LogP contribution in [0.5, 0.6) is 0 Å². The summed E-state index contributed by atoms with van der Waals surface area (Å²) in [6.45, 7) is 6.63. The maximum absolute atomic E-state index is 13.0. The molecule has 146 valence electrons. The molecule has 0 N–H and O–H groups in total. The van der Waals surface area contributed by atoms with Crippen molar-refractivity contribution in [3.63, 3.8) is 0 Å². The van der Waals surface area contributed by atoms with Crippen LogP contribution in [0.1, 0.15) is 20.3 Å². The van der Waals surface area contributed by atoms with E-state index in [1.54, 1.807) is 17.0 Å². The van der Waals surface area contributed by atoms with Crippen molar-refractivity contribution < 1.29 is 17.6 Å². The average Bonchev–Trinajstić information content (AvgIpc) is 2.58. The fourth-order valence-corrected chi connectivity index (χ4v) is 3.66. The molecule has 0 unspecified atom stereocenters. The Labute approximate surface area is 155 Å². The number of hydrogen-bond acceptors (Lipinski definition) is 4. The van der Waals surface area contributed by atoms with Gasteiger partial charge in [0.15, 0.2) is 0 Å². The maximum Gasteiger partial charge on any atom is 0.238 e. The van der Waals surface area contributed by atoms with E-state index in [1.165, 1.54) is 16.4 Å². The first-order valence-corrected chi connectivity index (χ1v) is 10.7. The highest BCUT2D eigenvalue weighted by atomic mass is 32.2. The summed E-state index contributed by atoms with van der Waals surface area (Å²) in [5, 5.41) is 0. The SMILES string of the molecule is CC(C)CCN(CC(=O)N1CCN(c2ccc(F)cc2)CC1)S(C)(=O)=O. The van der Waals surface area contributed by atoms with Gasteiger partial charge in [-0.15, -0.1) is 0 Å². The second-order valence-corrected chi connectivity index (χ2v) is 9.11. The van der Waals surface area contributed by atoms with Crippen molar-refractivity contribution in [3.05, 3.63) is 30.1 Å². The second kappa shape index (κ2) is 8.81. The van der Waals surface area contributed by atoms with Crippen LogP contribution in [-0.2, 0) is 14.8 Å². The van der Waals surface area contributed by atoms with Gasteiger partial charge in [-0.05, 0) is 36.6 Å². The summed E-state index contributed by atoms with van der Waals surface area (Å²) >= 11 is 0. The van der Waals surface area contributed by atoms with Crippen LogP contribution in [0.2, 0.25) is 0 Å². The van der Waals surface area contributed by atoms with Crippen molar-refractivity contribution in [1.82, 2.24) is 9.21 Å². The summed E-state index contributed by atoms with van der Waals surface area (Å²) in [7, 11) is -3.41. The van der Waals surface area contributed by atoms with Crippen LogP contribution >= 0.6 is 0 Å². The van der Waals surface area contributed by atoms with E-state index in [1.807, 2.05) is 13.8 Å². The predicted octanol–water partition coefficient (Wildman–Crippen LogP) is 1.78. The van der Waals surface area contributed by atoms with Crippen molar-refractivity contribution in [1.29, 1.82) is 0 Å². The van der Waals surface area contributed by atoms with Crippen molar-refractivity contribution in [2.24, 2.45) is 5.92 Å². The number of hydrogen-bond donors (Lipinski definition) is 0. The topological polar surface area (TPSA) is 60.9 Å². The summed E-state index contributed by atoms with van der Waals surface area (Å²) < 4.78 is 38.2. The number of piperazine rings is 1. The number of carbonyl (C=O) groups is 1. The number of carbonyl (C=O) groups excluding carboxylic acids is 1. The number of anilines is 1. The van der Waals surface area contributed by atoms with Crippen LogP contribution in [0.4, 0.5) is 10.1 Å². The Hall–Kier alpha value is -1.67. The quantitative estimate of drug-likeness (QED) is 0.718. The van der Waals surface area contributed by atoms with E-state index in [2.05, 4.69) is 4.90 Å². The molecular weight excluding hydrogens is 357 g/mol. The molecule has 8 heteroatoms. The van der Waals surface area contributed by atoms with Gasteiger partial charge in [0.05, 0.1) is 12.8 Å². The highest BCUT2D eigenvalue weighted by Crippen LogP contribution is 2.17. The lowest BCUT2D eigenvalue weighted by atomic mass is 10.1. The normalized spacial score (nSPS) is 15.8. The number of nitrogens with zero attached hydrogens (tertiary/aromatic N) is 3. The molecule has 2 rings (SSSR count). The highest BCUT2D eigenvalue weighted by Gasteiger charge is 2.26. The van der Waals surface area contributed by atoms with Crippen LogP contribution in [0, 0.1) is 11.7 Å². The molecule has 0 bridgehead atoms. The molecule has 1 aliphatic rings. The van der Waals surface area contributed by atoms with Crippen molar-refractivity contribution in [2.45, 2.75) is 20.3 Å². The monoisotopic (exact) mass is 385 g/mol. The Morgan fingerprint density at radius 2 is 1.73 bits per heavy atom. The van der Waals surface area contributed by atoms with Gasteiger partial charge in [0.2, 0.25) is 15.9 Å². The molecular formula is C18H28FN3O3S. The molecule has 6 nitrogen and oxygen atoms in total. The third-order valence-corrected chi connectivity index (χ3v) is 5.81.